The smallest absolute Gasteiger partial charge is 0.159 e. The van der Waals surface area contributed by atoms with Gasteiger partial charge in [0.2, 0.25) is 0 Å². The number of furan rings is 1. The average molecular weight is 293 g/mol. The minimum Gasteiger partial charge on any atom is -0.466 e. The van der Waals surface area contributed by atoms with Gasteiger partial charge in [-0.25, -0.2) is 8.78 Å². The van der Waals surface area contributed by atoms with Crippen LogP contribution in [0.4, 0.5) is 8.78 Å². The van der Waals surface area contributed by atoms with Gasteiger partial charge in [0.15, 0.2) is 11.6 Å². The summed E-state index contributed by atoms with van der Waals surface area (Å²) in [6.07, 6.45) is 0.953. The molecular formula is C17H21F2NO. The van der Waals surface area contributed by atoms with E-state index < -0.39 is 11.6 Å². The van der Waals surface area contributed by atoms with Gasteiger partial charge in [0.25, 0.3) is 0 Å². The van der Waals surface area contributed by atoms with E-state index in [1.165, 1.54) is 12.1 Å². The first kappa shape index (κ1) is 15.7. The van der Waals surface area contributed by atoms with Crippen LogP contribution in [-0.4, -0.2) is 6.54 Å². The molecule has 0 bridgehead atoms. The normalized spacial score (nSPS) is 12.7. The van der Waals surface area contributed by atoms with E-state index in [4.69, 9.17) is 4.42 Å². The minimum absolute atomic E-state index is 0.197. The fourth-order valence-corrected chi connectivity index (χ4v) is 2.60. The van der Waals surface area contributed by atoms with Crippen LogP contribution in [0, 0.1) is 32.4 Å². The highest BCUT2D eigenvalue weighted by molar-refractivity contribution is 5.40. The van der Waals surface area contributed by atoms with Gasteiger partial charge < -0.3 is 9.73 Å². The molecule has 0 amide bonds. The molecule has 114 valence electrons. The van der Waals surface area contributed by atoms with Crippen LogP contribution in [0.25, 0.3) is 0 Å². The third-order valence-corrected chi connectivity index (χ3v) is 3.78. The van der Waals surface area contributed by atoms with Crippen LogP contribution < -0.4 is 5.32 Å². The second-order valence-corrected chi connectivity index (χ2v) is 5.31. The maximum atomic E-state index is 13.6. The fraction of sp³-hybridized carbons (Fsp3) is 0.412. The van der Waals surface area contributed by atoms with E-state index in [2.05, 4.69) is 12.2 Å². The first-order valence-corrected chi connectivity index (χ1v) is 7.20. The number of halogens is 2. The predicted molar refractivity (Wildman–Crippen MR) is 79.4 cm³/mol. The Morgan fingerprint density at radius 3 is 2.33 bits per heavy atom. The van der Waals surface area contributed by atoms with E-state index in [0.29, 0.717) is 5.56 Å². The number of aryl methyl sites for hydroxylation is 2. The van der Waals surface area contributed by atoms with Crippen molar-refractivity contribution in [3.05, 3.63) is 58.0 Å². The highest BCUT2D eigenvalue weighted by Gasteiger charge is 2.23. The average Bonchev–Trinajstić information content (AvgIpc) is 2.69. The predicted octanol–water partition coefficient (Wildman–Crippen LogP) is 4.57. The van der Waals surface area contributed by atoms with E-state index in [-0.39, 0.29) is 6.04 Å². The van der Waals surface area contributed by atoms with Crippen LogP contribution in [0.15, 0.2) is 22.6 Å². The van der Waals surface area contributed by atoms with Crippen molar-refractivity contribution < 1.29 is 13.2 Å². The largest absolute Gasteiger partial charge is 0.466 e. The lowest BCUT2D eigenvalue weighted by Gasteiger charge is -2.20. The summed E-state index contributed by atoms with van der Waals surface area (Å²) in [6, 6.07) is 3.84. The van der Waals surface area contributed by atoms with Crippen LogP contribution in [0.2, 0.25) is 0 Å². The fourth-order valence-electron chi connectivity index (χ4n) is 2.60. The number of rotatable bonds is 5. The second-order valence-electron chi connectivity index (χ2n) is 5.31. The molecule has 0 aliphatic carbocycles. The summed E-state index contributed by atoms with van der Waals surface area (Å²) in [5.41, 5.74) is 2.76. The van der Waals surface area contributed by atoms with Gasteiger partial charge >= 0.3 is 0 Å². The first-order chi connectivity index (χ1) is 9.95. The topological polar surface area (TPSA) is 25.2 Å². The standard InChI is InChI=1S/C17H21F2NO/c1-5-8-20-17(13-6-7-14(18)15(19)9-13)16-10(2)11(3)21-12(16)4/h6-7,9,17,20H,5,8H2,1-4H3. The van der Waals surface area contributed by atoms with E-state index in [9.17, 15) is 8.78 Å². The molecule has 0 saturated heterocycles. The zero-order valence-corrected chi connectivity index (χ0v) is 12.9. The molecular weight excluding hydrogens is 272 g/mol. The van der Waals surface area contributed by atoms with Crippen molar-refractivity contribution in [2.75, 3.05) is 6.54 Å². The number of benzene rings is 1. The first-order valence-electron chi connectivity index (χ1n) is 7.20. The van der Waals surface area contributed by atoms with Crippen LogP contribution in [-0.2, 0) is 0 Å². The Kier molecular flexibility index (Phi) is 4.78. The molecule has 1 aromatic carbocycles. The maximum absolute atomic E-state index is 13.6. The van der Waals surface area contributed by atoms with Gasteiger partial charge in [-0.2, -0.15) is 0 Å². The summed E-state index contributed by atoms with van der Waals surface area (Å²) >= 11 is 0. The van der Waals surface area contributed by atoms with Crippen molar-refractivity contribution in [2.24, 2.45) is 0 Å². The van der Waals surface area contributed by atoms with Gasteiger partial charge in [-0.1, -0.05) is 13.0 Å². The molecule has 0 aliphatic rings. The second kappa shape index (κ2) is 6.39. The molecule has 0 radical (unpaired) electrons. The Bertz CT molecular complexity index is 634. The van der Waals surface area contributed by atoms with E-state index in [0.717, 1.165) is 35.6 Å². The Labute approximate surface area is 124 Å². The van der Waals surface area contributed by atoms with Gasteiger partial charge in [0, 0.05) is 5.56 Å². The number of hydrogen-bond acceptors (Lipinski definition) is 2. The number of hydrogen-bond donors (Lipinski definition) is 1. The maximum Gasteiger partial charge on any atom is 0.159 e. The van der Waals surface area contributed by atoms with Gasteiger partial charge in [-0.15, -0.1) is 0 Å². The van der Waals surface area contributed by atoms with Gasteiger partial charge in [0.1, 0.15) is 11.5 Å². The van der Waals surface area contributed by atoms with Gasteiger partial charge in [-0.05, 0) is 57.0 Å². The van der Waals surface area contributed by atoms with Crippen LogP contribution in [0.1, 0.15) is 47.6 Å². The molecule has 4 heteroatoms. The molecule has 0 spiro atoms. The molecule has 1 N–H and O–H groups in total. The summed E-state index contributed by atoms with van der Waals surface area (Å²) < 4.78 is 32.4. The zero-order chi connectivity index (χ0) is 15.6. The van der Waals surface area contributed by atoms with Crippen molar-refractivity contribution in [3.63, 3.8) is 0 Å². The highest BCUT2D eigenvalue weighted by atomic mass is 19.2. The Morgan fingerprint density at radius 2 is 1.81 bits per heavy atom. The molecule has 0 fully saturated rings. The molecule has 1 aromatic heterocycles. The summed E-state index contributed by atoms with van der Waals surface area (Å²) in [7, 11) is 0. The molecule has 2 aromatic rings. The van der Waals surface area contributed by atoms with E-state index in [1.54, 1.807) is 6.07 Å². The van der Waals surface area contributed by atoms with E-state index >= 15 is 0 Å². The lowest BCUT2D eigenvalue weighted by atomic mass is 9.95. The van der Waals surface area contributed by atoms with Crippen molar-refractivity contribution in [1.29, 1.82) is 0 Å². The highest BCUT2D eigenvalue weighted by Crippen LogP contribution is 2.32. The summed E-state index contributed by atoms with van der Waals surface area (Å²) in [5, 5.41) is 3.39. The zero-order valence-electron chi connectivity index (χ0n) is 12.9. The van der Waals surface area contributed by atoms with Crippen molar-refractivity contribution in [2.45, 2.75) is 40.2 Å². The molecule has 0 saturated carbocycles. The van der Waals surface area contributed by atoms with Crippen molar-refractivity contribution >= 4 is 0 Å². The van der Waals surface area contributed by atoms with Gasteiger partial charge in [0.05, 0.1) is 6.04 Å². The summed E-state index contributed by atoms with van der Waals surface area (Å²) in [4.78, 5) is 0. The molecule has 0 aliphatic heterocycles. The quantitative estimate of drug-likeness (QED) is 0.873. The number of nitrogens with one attached hydrogen (secondary N) is 1. The molecule has 1 unspecified atom stereocenters. The Hall–Kier alpha value is -1.68. The third-order valence-electron chi connectivity index (χ3n) is 3.78. The molecule has 1 heterocycles. The Balaban J connectivity index is 2.49. The lowest BCUT2D eigenvalue weighted by molar-refractivity contribution is 0.489. The van der Waals surface area contributed by atoms with Crippen LogP contribution >= 0.6 is 0 Å². The molecule has 21 heavy (non-hydrogen) atoms. The monoisotopic (exact) mass is 293 g/mol. The molecule has 1 atom stereocenters. The Morgan fingerprint density at radius 1 is 1.10 bits per heavy atom. The lowest BCUT2D eigenvalue weighted by Crippen LogP contribution is -2.24. The van der Waals surface area contributed by atoms with Crippen molar-refractivity contribution in [3.8, 4) is 0 Å². The van der Waals surface area contributed by atoms with Crippen LogP contribution in [0.5, 0.6) is 0 Å². The van der Waals surface area contributed by atoms with Crippen molar-refractivity contribution in [1.82, 2.24) is 5.32 Å². The molecule has 2 rings (SSSR count). The minimum atomic E-state index is -0.829. The summed E-state index contributed by atoms with van der Waals surface area (Å²) in [6.45, 7) is 8.65. The van der Waals surface area contributed by atoms with Gasteiger partial charge in [-0.3, -0.25) is 0 Å². The summed E-state index contributed by atoms with van der Waals surface area (Å²) in [5.74, 6) is 0.00727. The third kappa shape index (κ3) is 3.16. The van der Waals surface area contributed by atoms with Crippen LogP contribution in [0.3, 0.4) is 0 Å². The van der Waals surface area contributed by atoms with E-state index in [1.807, 2.05) is 20.8 Å². The molecule has 2 nitrogen and oxygen atoms in total. The SMILES string of the molecule is CCCNC(c1ccc(F)c(F)c1)c1c(C)oc(C)c1C.